The third kappa shape index (κ3) is 1.48. The summed E-state index contributed by atoms with van der Waals surface area (Å²) in [6.45, 7) is 1.08. The summed E-state index contributed by atoms with van der Waals surface area (Å²) in [5.74, 6) is -0.632. The van der Waals surface area contributed by atoms with Gasteiger partial charge in [0.1, 0.15) is 0 Å². The van der Waals surface area contributed by atoms with Gasteiger partial charge in [0.15, 0.2) is 11.2 Å². The van der Waals surface area contributed by atoms with Crippen LogP contribution in [0.1, 0.15) is 22.7 Å². The molecule has 0 saturated carbocycles. The van der Waals surface area contributed by atoms with Gasteiger partial charge in [-0.15, -0.1) is 0 Å². The zero-order chi connectivity index (χ0) is 14.8. The molecule has 0 radical (unpaired) electrons. The minimum absolute atomic E-state index is 0.406. The van der Waals surface area contributed by atoms with Crippen LogP contribution in [0, 0.1) is 0 Å². The lowest BCUT2D eigenvalue weighted by Crippen LogP contribution is -2.35. The van der Waals surface area contributed by atoms with E-state index in [0.29, 0.717) is 17.2 Å². The monoisotopic (exact) mass is 293 g/mol. The van der Waals surface area contributed by atoms with Gasteiger partial charge in [-0.2, -0.15) is 0 Å². The SMILES string of the molecule is CN1CCc2cccc3c2[C@H]1Cc1ccc2oc(=O)oc2c1-3. The van der Waals surface area contributed by atoms with Crippen molar-refractivity contribution in [1.82, 2.24) is 4.90 Å². The molecule has 22 heavy (non-hydrogen) atoms. The minimum Gasteiger partial charge on any atom is -0.391 e. The van der Waals surface area contributed by atoms with E-state index >= 15 is 0 Å². The summed E-state index contributed by atoms with van der Waals surface area (Å²) < 4.78 is 10.5. The molecule has 0 spiro atoms. The predicted octanol–water partition coefficient (Wildman–Crippen LogP) is 3.14. The lowest BCUT2D eigenvalue weighted by atomic mass is 9.77. The summed E-state index contributed by atoms with van der Waals surface area (Å²) in [6, 6.07) is 10.8. The van der Waals surface area contributed by atoms with Gasteiger partial charge >= 0.3 is 5.82 Å². The third-order valence-corrected chi connectivity index (χ3v) is 5.06. The minimum atomic E-state index is -0.632. The Hall–Kier alpha value is -2.33. The average Bonchev–Trinajstić information content (AvgIpc) is 2.91. The first kappa shape index (κ1) is 12.2. The number of hydrogen-bond acceptors (Lipinski definition) is 4. The predicted molar refractivity (Wildman–Crippen MR) is 83.0 cm³/mol. The van der Waals surface area contributed by atoms with Crippen LogP contribution in [0.3, 0.4) is 0 Å². The van der Waals surface area contributed by atoms with E-state index in [2.05, 4.69) is 36.2 Å². The van der Waals surface area contributed by atoms with Crippen molar-refractivity contribution in [3.8, 4) is 11.1 Å². The molecule has 1 aliphatic carbocycles. The number of fused-ring (bicyclic) bond motifs is 4. The van der Waals surface area contributed by atoms with Crippen molar-refractivity contribution in [2.24, 2.45) is 0 Å². The highest BCUT2D eigenvalue weighted by atomic mass is 16.6. The average molecular weight is 293 g/mol. The Labute approximate surface area is 127 Å². The maximum atomic E-state index is 11.5. The molecule has 0 unspecified atom stereocenters. The van der Waals surface area contributed by atoms with Gasteiger partial charge in [0, 0.05) is 18.2 Å². The first-order valence-corrected chi connectivity index (χ1v) is 7.60. The second-order valence-corrected chi connectivity index (χ2v) is 6.21. The van der Waals surface area contributed by atoms with E-state index in [9.17, 15) is 4.79 Å². The fourth-order valence-electron chi connectivity index (χ4n) is 4.03. The Kier molecular flexibility index (Phi) is 2.29. The first-order chi connectivity index (χ1) is 10.7. The topological polar surface area (TPSA) is 46.6 Å². The van der Waals surface area contributed by atoms with Gasteiger partial charge in [-0.1, -0.05) is 24.3 Å². The molecule has 2 aliphatic rings. The molecule has 4 heteroatoms. The molecule has 1 atom stereocenters. The Bertz CT molecular complexity index is 966. The Morgan fingerprint density at radius 3 is 2.95 bits per heavy atom. The van der Waals surface area contributed by atoms with Gasteiger partial charge in [0.25, 0.3) is 0 Å². The fraction of sp³-hybridized carbons (Fsp3) is 0.278. The summed E-state index contributed by atoms with van der Waals surface area (Å²) in [4.78, 5) is 13.9. The zero-order valence-electron chi connectivity index (χ0n) is 12.3. The lowest BCUT2D eigenvalue weighted by molar-refractivity contribution is 0.228. The van der Waals surface area contributed by atoms with Crippen molar-refractivity contribution in [2.45, 2.75) is 18.9 Å². The standard InChI is InChI=1S/C18H15NO3/c1-19-8-7-10-3-2-4-12-15(10)13(19)9-11-5-6-14-17(16(11)12)22-18(20)21-14/h2-6,13H,7-9H2,1H3/t13-/m1/s1. The smallest absolute Gasteiger partial charge is 0.391 e. The molecule has 2 aromatic carbocycles. The Morgan fingerprint density at radius 2 is 2.05 bits per heavy atom. The Balaban J connectivity index is 1.91. The van der Waals surface area contributed by atoms with Crippen molar-refractivity contribution < 1.29 is 8.83 Å². The van der Waals surface area contributed by atoms with Gasteiger partial charge in [0.2, 0.25) is 0 Å². The van der Waals surface area contributed by atoms with Crippen molar-refractivity contribution in [2.75, 3.05) is 13.6 Å². The van der Waals surface area contributed by atoms with Crippen LogP contribution in [-0.4, -0.2) is 18.5 Å². The van der Waals surface area contributed by atoms with E-state index in [1.807, 2.05) is 6.07 Å². The molecule has 5 rings (SSSR count). The summed E-state index contributed by atoms with van der Waals surface area (Å²) in [5, 5.41) is 0. The van der Waals surface area contributed by atoms with E-state index in [1.54, 1.807) is 0 Å². The van der Waals surface area contributed by atoms with Crippen molar-refractivity contribution >= 4 is 11.2 Å². The second kappa shape index (κ2) is 4.11. The molecule has 0 bridgehead atoms. The van der Waals surface area contributed by atoms with Crippen LogP contribution in [0.4, 0.5) is 0 Å². The van der Waals surface area contributed by atoms with E-state index in [1.165, 1.54) is 22.3 Å². The zero-order valence-corrected chi connectivity index (χ0v) is 12.3. The van der Waals surface area contributed by atoms with Crippen molar-refractivity contribution in [3.63, 3.8) is 0 Å². The molecule has 0 fully saturated rings. The molecule has 4 nitrogen and oxygen atoms in total. The number of rotatable bonds is 0. The molecule has 2 heterocycles. The van der Waals surface area contributed by atoms with E-state index in [0.717, 1.165) is 24.9 Å². The largest absolute Gasteiger partial charge is 0.519 e. The maximum absolute atomic E-state index is 11.5. The van der Waals surface area contributed by atoms with Gasteiger partial charge in [-0.3, -0.25) is 4.90 Å². The highest BCUT2D eigenvalue weighted by Gasteiger charge is 2.34. The number of hydrogen-bond donors (Lipinski definition) is 0. The van der Waals surface area contributed by atoms with Crippen LogP contribution in [0.2, 0.25) is 0 Å². The normalized spacial score (nSPS) is 20.0. The number of likely N-dealkylation sites (N-methyl/N-ethyl adjacent to an activating group) is 1. The van der Waals surface area contributed by atoms with Crippen LogP contribution in [0.15, 0.2) is 44.0 Å². The summed E-state index contributed by atoms with van der Waals surface area (Å²) in [6.07, 6.45) is 2.01. The van der Waals surface area contributed by atoms with E-state index in [4.69, 9.17) is 8.83 Å². The fourth-order valence-corrected chi connectivity index (χ4v) is 4.03. The Morgan fingerprint density at radius 1 is 1.14 bits per heavy atom. The summed E-state index contributed by atoms with van der Waals surface area (Å²) >= 11 is 0. The number of nitrogens with zero attached hydrogens (tertiary/aromatic N) is 1. The van der Waals surface area contributed by atoms with Crippen LogP contribution < -0.4 is 5.82 Å². The molecular weight excluding hydrogens is 278 g/mol. The summed E-state index contributed by atoms with van der Waals surface area (Å²) in [5.41, 5.74) is 7.36. The van der Waals surface area contributed by atoms with Crippen LogP contribution >= 0.6 is 0 Å². The van der Waals surface area contributed by atoms with Crippen LogP contribution in [0.25, 0.3) is 22.3 Å². The third-order valence-electron chi connectivity index (χ3n) is 5.06. The second-order valence-electron chi connectivity index (χ2n) is 6.21. The molecule has 1 aromatic heterocycles. The molecule has 1 aliphatic heterocycles. The molecule has 110 valence electrons. The van der Waals surface area contributed by atoms with E-state index < -0.39 is 5.82 Å². The van der Waals surface area contributed by atoms with Gasteiger partial charge in [-0.25, -0.2) is 4.79 Å². The van der Waals surface area contributed by atoms with Crippen LogP contribution in [0.5, 0.6) is 0 Å². The van der Waals surface area contributed by atoms with Gasteiger partial charge in [0.05, 0.1) is 0 Å². The van der Waals surface area contributed by atoms with Crippen LogP contribution in [-0.2, 0) is 12.8 Å². The summed E-state index contributed by atoms with van der Waals surface area (Å²) in [7, 11) is 2.19. The molecule has 0 saturated heterocycles. The number of benzene rings is 2. The van der Waals surface area contributed by atoms with E-state index in [-0.39, 0.29) is 0 Å². The molecular formula is C18H15NO3. The van der Waals surface area contributed by atoms with Gasteiger partial charge < -0.3 is 8.83 Å². The quantitative estimate of drug-likeness (QED) is 0.639. The van der Waals surface area contributed by atoms with Crippen molar-refractivity contribution in [1.29, 1.82) is 0 Å². The highest BCUT2D eigenvalue weighted by Crippen LogP contribution is 2.46. The molecule has 0 amide bonds. The first-order valence-electron chi connectivity index (χ1n) is 7.60. The van der Waals surface area contributed by atoms with Crippen molar-refractivity contribution in [3.05, 3.63) is 57.6 Å². The molecule has 3 aromatic rings. The maximum Gasteiger partial charge on any atom is 0.519 e. The molecule has 0 N–H and O–H groups in total. The van der Waals surface area contributed by atoms with Gasteiger partial charge in [-0.05, 0) is 48.2 Å². The lowest BCUT2D eigenvalue weighted by Gasteiger charge is -2.39. The highest BCUT2D eigenvalue weighted by molar-refractivity contribution is 5.94.